The van der Waals surface area contributed by atoms with E-state index in [1.165, 1.54) is 5.56 Å². The van der Waals surface area contributed by atoms with Gasteiger partial charge in [0.15, 0.2) is 0 Å². The predicted molar refractivity (Wildman–Crippen MR) is 75.0 cm³/mol. The quantitative estimate of drug-likeness (QED) is 0.844. The highest BCUT2D eigenvalue weighted by molar-refractivity contribution is 5.69. The second kappa shape index (κ2) is 6.68. The summed E-state index contributed by atoms with van der Waals surface area (Å²) in [4.78, 5) is 15.0. The van der Waals surface area contributed by atoms with Crippen LogP contribution in [-0.2, 0) is 11.3 Å². The summed E-state index contributed by atoms with van der Waals surface area (Å²) in [5.74, 6) is -0.133. The van der Waals surface area contributed by atoms with Gasteiger partial charge in [0, 0.05) is 19.6 Å². The first-order valence-electron chi connectivity index (χ1n) is 6.80. The van der Waals surface area contributed by atoms with Gasteiger partial charge in [0.2, 0.25) is 0 Å². The predicted octanol–water partition coefficient (Wildman–Crippen LogP) is 1.52. The summed E-state index contributed by atoms with van der Waals surface area (Å²) < 4.78 is 0. The smallest absolute Gasteiger partial charge is 0.317 e. The minimum atomic E-state index is -0.724. The van der Waals surface area contributed by atoms with Gasteiger partial charge in [-0.05, 0) is 31.5 Å². The Bertz CT molecular complexity index is 408. The largest absolute Gasteiger partial charge is 0.480 e. The van der Waals surface area contributed by atoms with Gasteiger partial charge in [0.05, 0.1) is 6.54 Å². The van der Waals surface area contributed by atoms with Crippen LogP contribution in [-0.4, -0.2) is 54.1 Å². The zero-order valence-electron chi connectivity index (χ0n) is 11.5. The molecule has 1 atom stereocenters. The molecule has 1 aromatic rings. The van der Waals surface area contributed by atoms with Gasteiger partial charge in [0.25, 0.3) is 0 Å². The molecule has 0 aliphatic carbocycles. The molecule has 1 aliphatic rings. The van der Waals surface area contributed by atoms with Crippen LogP contribution in [0.2, 0.25) is 0 Å². The van der Waals surface area contributed by atoms with Crippen molar-refractivity contribution in [2.24, 2.45) is 5.92 Å². The molecule has 1 heterocycles. The zero-order chi connectivity index (χ0) is 13.7. The molecular weight excluding hydrogens is 240 g/mol. The van der Waals surface area contributed by atoms with Crippen LogP contribution >= 0.6 is 0 Å². The number of aliphatic carboxylic acids is 1. The van der Waals surface area contributed by atoms with Crippen molar-refractivity contribution in [3.63, 3.8) is 0 Å². The Morgan fingerprint density at radius 1 is 1.42 bits per heavy atom. The third-order valence-electron chi connectivity index (χ3n) is 3.59. The third-order valence-corrected chi connectivity index (χ3v) is 3.59. The second-order valence-corrected chi connectivity index (χ2v) is 5.47. The number of benzene rings is 1. The van der Waals surface area contributed by atoms with Gasteiger partial charge in [-0.3, -0.25) is 9.69 Å². The number of likely N-dealkylation sites (tertiary alicyclic amines) is 1. The fraction of sp³-hybridized carbons (Fsp3) is 0.533. The van der Waals surface area contributed by atoms with E-state index in [9.17, 15) is 4.79 Å². The molecule has 19 heavy (non-hydrogen) atoms. The van der Waals surface area contributed by atoms with Crippen LogP contribution in [0.15, 0.2) is 30.3 Å². The van der Waals surface area contributed by atoms with Gasteiger partial charge in [-0.25, -0.2) is 0 Å². The molecule has 2 rings (SSSR count). The summed E-state index contributed by atoms with van der Waals surface area (Å²) in [5, 5.41) is 8.78. The summed E-state index contributed by atoms with van der Waals surface area (Å²) >= 11 is 0. The molecule has 0 unspecified atom stereocenters. The first-order chi connectivity index (χ1) is 9.13. The minimum absolute atomic E-state index is 0.179. The highest BCUT2D eigenvalue weighted by Crippen LogP contribution is 2.17. The number of nitrogens with zero attached hydrogens (tertiary/aromatic N) is 2. The summed E-state index contributed by atoms with van der Waals surface area (Å²) in [6.07, 6.45) is 1.10. The highest BCUT2D eigenvalue weighted by atomic mass is 16.4. The number of hydrogen-bond acceptors (Lipinski definition) is 3. The van der Waals surface area contributed by atoms with Crippen molar-refractivity contribution in [2.45, 2.75) is 13.0 Å². The molecule has 0 amide bonds. The van der Waals surface area contributed by atoms with E-state index in [4.69, 9.17) is 5.11 Å². The molecule has 1 aliphatic heterocycles. The van der Waals surface area contributed by atoms with Crippen molar-refractivity contribution in [3.8, 4) is 0 Å². The third kappa shape index (κ3) is 4.65. The molecule has 0 aromatic heterocycles. The van der Waals surface area contributed by atoms with E-state index < -0.39 is 5.97 Å². The van der Waals surface area contributed by atoms with Crippen LogP contribution in [0.3, 0.4) is 0 Å². The van der Waals surface area contributed by atoms with E-state index in [2.05, 4.69) is 36.2 Å². The summed E-state index contributed by atoms with van der Waals surface area (Å²) in [5.41, 5.74) is 1.32. The van der Waals surface area contributed by atoms with Gasteiger partial charge in [-0.2, -0.15) is 0 Å². The molecule has 4 nitrogen and oxygen atoms in total. The number of carboxylic acid groups (broad SMARTS) is 1. The lowest BCUT2D eigenvalue weighted by Gasteiger charge is -2.21. The Kier molecular flexibility index (Phi) is 4.93. The van der Waals surface area contributed by atoms with E-state index in [-0.39, 0.29) is 6.54 Å². The summed E-state index contributed by atoms with van der Waals surface area (Å²) in [6, 6.07) is 10.4. The van der Waals surface area contributed by atoms with Crippen molar-refractivity contribution in [1.82, 2.24) is 9.80 Å². The monoisotopic (exact) mass is 262 g/mol. The number of rotatable bonds is 6. The fourth-order valence-electron chi connectivity index (χ4n) is 2.80. The number of hydrogen-bond donors (Lipinski definition) is 1. The maximum absolute atomic E-state index is 10.7. The standard InChI is InChI=1S/C15H22N2O2/c1-16(9-13-5-3-2-4-6-13)10-14-7-8-17(11-14)12-15(18)19/h2-6,14H,7-12H2,1H3,(H,18,19)/t14-/m1/s1. The van der Waals surface area contributed by atoms with Crippen molar-refractivity contribution in [3.05, 3.63) is 35.9 Å². The molecule has 0 saturated carbocycles. The lowest BCUT2D eigenvalue weighted by molar-refractivity contribution is -0.138. The molecule has 1 aromatic carbocycles. The van der Waals surface area contributed by atoms with E-state index in [1.807, 2.05) is 11.0 Å². The van der Waals surface area contributed by atoms with Crippen molar-refractivity contribution in [2.75, 3.05) is 33.2 Å². The zero-order valence-corrected chi connectivity index (χ0v) is 11.5. The van der Waals surface area contributed by atoms with Gasteiger partial charge in [0.1, 0.15) is 0 Å². The highest BCUT2D eigenvalue weighted by Gasteiger charge is 2.24. The van der Waals surface area contributed by atoms with Crippen molar-refractivity contribution >= 4 is 5.97 Å². The van der Waals surface area contributed by atoms with Gasteiger partial charge >= 0.3 is 5.97 Å². The normalized spacial score (nSPS) is 20.0. The molecule has 1 saturated heterocycles. The minimum Gasteiger partial charge on any atom is -0.480 e. The van der Waals surface area contributed by atoms with Gasteiger partial charge < -0.3 is 10.0 Å². The lowest BCUT2D eigenvalue weighted by atomic mass is 10.1. The Morgan fingerprint density at radius 2 is 2.16 bits per heavy atom. The van der Waals surface area contributed by atoms with Gasteiger partial charge in [-0.1, -0.05) is 30.3 Å². The average Bonchev–Trinajstić information content (AvgIpc) is 2.76. The molecule has 4 heteroatoms. The molecule has 0 spiro atoms. The second-order valence-electron chi connectivity index (χ2n) is 5.47. The van der Waals surface area contributed by atoms with E-state index in [0.717, 1.165) is 32.6 Å². The Hall–Kier alpha value is -1.39. The molecular formula is C15H22N2O2. The van der Waals surface area contributed by atoms with Crippen LogP contribution < -0.4 is 0 Å². The van der Waals surface area contributed by atoms with Crippen molar-refractivity contribution < 1.29 is 9.90 Å². The first kappa shape index (κ1) is 14.0. The average molecular weight is 262 g/mol. The van der Waals surface area contributed by atoms with Crippen LogP contribution in [0.4, 0.5) is 0 Å². The topological polar surface area (TPSA) is 43.8 Å². The Balaban J connectivity index is 1.74. The number of carboxylic acids is 1. The van der Waals surface area contributed by atoms with Crippen LogP contribution in [0.25, 0.3) is 0 Å². The maximum atomic E-state index is 10.7. The first-order valence-corrected chi connectivity index (χ1v) is 6.80. The summed E-state index contributed by atoms with van der Waals surface area (Å²) in [6.45, 7) is 3.99. The van der Waals surface area contributed by atoms with Crippen molar-refractivity contribution in [1.29, 1.82) is 0 Å². The Labute approximate surface area is 114 Å². The molecule has 0 radical (unpaired) electrons. The SMILES string of the molecule is CN(Cc1ccccc1)C[C@H]1CCN(CC(=O)O)C1. The van der Waals surface area contributed by atoms with E-state index >= 15 is 0 Å². The fourth-order valence-corrected chi connectivity index (χ4v) is 2.80. The van der Waals surface area contributed by atoms with Crippen LogP contribution in [0, 0.1) is 5.92 Å². The lowest BCUT2D eigenvalue weighted by Crippen LogP contribution is -2.30. The Morgan fingerprint density at radius 3 is 2.84 bits per heavy atom. The number of carbonyl (C=O) groups is 1. The van der Waals surface area contributed by atoms with Crippen LogP contribution in [0.5, 0.6) is 0 Å². The molecule has 0 bridgehead atoms. The molecule has 1 fully saturated rings. The van der Waals surface area contributed by atoms with Crippen LogP contribution in [0.1, 0.15) is 12.0 Å². The van der Waals surface area contributed by atoms with Gasteiger partial charge in [-0.15, -0.1) is 0 Å². The molecule has 104 valence electrons. The maximum Gasteiger partial charge on any atom is 0.317 e. The molecule has 1 N–H and O–H groups in total. The van der Waals surface area contributed by atoms with E-state index in [1.54, 1.807) is 0 Å². The van der Waals surface area contributed by atoms with E-state index in [0.29, 0.717) is 5.92 Å². The summed E-state index contributed by atoms with van der Waals surface area (Å²) in [7, 11) is 2.13.